The number of carbonyl (C=O) groups excluding carboxylic acids is 5. The van der Waals surface area contributed by atoms with Crippen molar-refractivity contribution >= 4 is 28.9 Å². The van der Waals surface area contributed by atoms with Gasteiger partial charge < -0.3 is 0 Å². The van der Waals surface area contributed by atoms with E-state index in [-0.39, 0.29) is 45.2 Å². The van der Waals surface area contributed by atoms with Crippen LogP contribution in [0.15, 0.2) is 182 Å². The maximum absolute atomic E-state index is 14.4. The summed E-state index contributed by atoms with van der Waals surface area (Å²) in [5, 5.41) is 0. The summed E-state index contributed by atoms with van der Waals surface area (Å²) in [6.07, 6.45) is 0. The fourth-order valence-electron chi connectivity index (χ4n) is 6.18. The molecule has 7 rings (SSSR count). The molecule has 7 aromatic rings. The molecule has 0 bridgehead atoms. The van der Waals surface area contributed by atoms with Gasteiger partial charge in [-0.25, -0.2) is 0 Å². The van der Waals surface area contributed by atoms with Crippen molar-refractivity contribution < 1.29 is 24.0 Å². The molecule has 0 aliphatic rings. The van der Waals surface area contributed by atoms with Gasteiger partial charge in [0, 0.05) is 55.6 Å². The van der Waals surface area contributed by atoms with E-state index in [9.17, 15) is 24.0 Å². The summed E-state index contributed by atoms with van der Waals surface area (Å²) in [5.74, 6) is -1.77. The molecule has 7 aromatic carbocycles. The van der Waals surface area contributed by atoms with E-state index in [0.717, 1.165) is 5.56 Å². The third-order valence-corrected chi connectivity index (χ3v) is 8.82. The topological polar surface area (TPSA) is 85.3 Å². The van der Waals surface area contributed by atoms with Crippen LogP contribution in [0.25, 0.3) is 11.1 Å². The second-order valence-electron chi connectivity index (χ2n) is 12.2. The van der Waals surface area contributed by atoms with Crippen LogP contribution in [0.4, 0.5) is 0 Å². The molecule has 0 aliphatic heterocycles. The minimum atomic E-state index is -0.462. The largest absolute Gasteiger partial charge is 0.289 e. The average Bonchev–Trinajstić information content (AvgIpc) is 3.23. The van der Waals surface area contributed by atoms with Crippen LogP contribution in [0.1, 0.15) is 79.6 Å². The summed E-state index contributed by atoms with van der Waals surface area (Å²) in [6, 6.07) is 51.5. The minimum absolute atomic E-state index is 0.104. The standard InChI is InChI=1S/C47H30O5/c48-43(32-16-6-2-7-17-32)34-20-12-22-36(26-34)45(50)38-28-39(46(51)37-23-13-21-35(27-37)44(49)33-18-8-3-9-19-33)30-40(29-38)47(52)42-25-11-10-24-41(42)31-14-4-1-5-15-31/h1-30H. The molecule has 248 valence electrons. The normalized spacial score (nSPS) is 10.7. The molecule has 0 saturated carbocycles. The van der Waals surface area contributed by atoms with Crippen molar-refractivity contribution in [1.82, 2.24) is 0 Å². The van der Waals surface area contributed by atoms with E-state index in [1.165, 1.54) is 30.3 Å². The van der Waals surface area contributed by atoms with Gasteiger partial charge in [0.25, 0.3) is 0 Å². The summed E-state index contributed by atoms with van der Waals surface area (Å²) in [5.41, 5.74) is 4.39. The Morgan fingerprint density at radius 1 is 0.250 bits per heavy atom. The minimum Gasteiger partial charge on any atom is -0.289 e. The Bertz CT molecular complexity index is 2360. The zero-order chi connectivity index (χ0) is 36.0. The van der Waals surface area contributed by atoms with Crippen LogP contribution in [0, 0.1) is 0 Å². The van der Waals surface area contributed by atoms with E-state index in [2.05, 4.69) is 0 Å². The van der Waals surface area contributed by atoms with E-state index in [0.29, 0.717) is 33.4 Å². The second-order valence-corrected chi connectivity index (χ2v) is 12.2. The maximum atomic E-state index is 14.4. The highest BCUT2D eigenvalue weighted by Crippen LogP contribution is 2.28. The molecule has 0 radical (unpaired) electrons. The van der Waals surface area contributed by atoms with Gasteiger partial charge in [-0.2, -0.15) is 0 Å². The number of benzene rings is 7. The molecular formula is C47H30O5. The van der Waals surface area contributed by atoms with Gasteiger partial charge in [-0.05, 0) is 41.5 Å². The SMILES string of the molecule is O=C(c1ccccc1)c1cccc(C(=O)c2cc(C(=O)c3cccc(C(=O)c4ccccc4)c3)cc(C(=O)c3ccccc3-c3ccccc3)c2)c1. The van der Waals surface area contributed by atoms with Crippen LogP contribution in [0.5, 0.6) is 0 Å². The van der Waals surface area contributed by atoms with Crippen molar-refractivity contribution in [2.75, 3.05) is 0 Å². The first kappa shape index (κ1) is 33.4. The van der Waals surface area contributed by atoms with Crippen molar-refractivity contribution in [3.05, 3.63) is 238 Å². The third kappa shape index (κ3) is 6.97. The molecule has 0 amide bonds. The monoisotopic (exact) mass is 674 g/mol. The first-order valence-electron chi connectivity index (χ1n) is 16.7. The van der Waals surface area contributed by atoms with Gasteiger partial charge in [-0.1, -0.05) is 152 Å². The second kappa shape index (κ2) is 14.8. The Hall–Kier alpha value is -7.11. The molecule has 0 unspecified atom stereocenters. The first-order valence-corrected chi connectivity index (χ1v) is 16.7. The van der Waals surface area contributed by atoms with Crippen LogP contribution in [-0.2, 0) is 0 Å². The quantitative estimate of drug-likeness (QED) is 0.128. The maximum Gasteiger partial charge on any atom is 0.193 e. The fourth-order valence-corrected chi connectivity index (χ4v) is 6.18. The lowest BCUT2D eigenvalue weighted by atomic mass is 9.89. The molecule has 0 aromatic heterocycles. The Balaban J connectivity index is 1.31. The van der Waals surface area contributed by atoms with E-state index in [4.69, 9.17) is 0 Å². The smallest absolute Gasteiger partial charge is 0.193 e. The highest BCUT2D eigenvalue weighted by Gasteiger charge is 2.22. The van der Waals surface area contributed by atoms with Crippen molar-refractivity contribution in [1.29, 1.82) is 0 Å². The van der Waals surface area contributed by atoms with E-state index >= 15 is 0 Å². The molecule has 0 N–H and O–H groups in total. The molecule has 0 saturated heterocycles. The predicted molar refractivity (Wildman–Crippen MR) is 201 cm³/mol. The van der Waals surface area contributed by atoms with Gasteiger partial charge in [0.15, 0.2) is 28.9 Å². The van der Waals surface area contributed by atoms with Crippen molar-refractivity contribution in [3.8, 4) is 11.1 Å². The lowest BCUT2D eigenvalue weighted by Crippen LogP contribution is -2.12. The van der Waals surface area contributed by atoms with Gasteiger partial charge in [0.1, 0.15) is 0 Å². The Kier molecular flexibility index (Phi) is 9.50. The van der Waals surface area contributed by atoms with Gasteiger partial charge in [-0.15, -0.1) is 0 Å². The number of carbonyl (C=O) groups is 5. The van der Waals surface area contributed by atoms with Crippen LogP contribution in [0.2, 0.25) is 0 Å². The summed E-state index contributed by atoms with van der Waals surface area (Å²) in [7, 11) is 0. The summed E-state index contributed by atoms with van der Waals surface area (Å²) in [6.45, 7) is 0. The van der Waals surface area contributed by atoms with E-state index in [1.807, 2.05) is 54.6 Å². The van der Waals surface area contributed by atoms with Crippen LogP contribution in [0.3, 0.4) is 0 Å². The fraction of sp³-hybridized carbons (Fsp3) is 0. The zero-order valence-electron chi connectivity index (χ0n) is 27.9. The van der Waals surface area contributed by atoms with Gasteiger partial charge in [0.05, 0.1) is 0 Å². The van der Waals surface area contributed by atoms with Crippen molar-refractivity contribution in [2.24, 2.45) is 0 Å². The van der Waals surface area contributed by atoms with E-state index in [1.54, 1.807) is 97.1 Å². The summed E-state index contributed by atoms with van der Waals surface area (Å²) in [4.78, 5) is 69.2. The van der Waals surface area contributed by atoms with Crippen molar-refractivity contribution in [3.63, 3.8) is 0 Å². The highest BCUT2D eigenvalue weighted by molar-refractivity contribution is 6.19. The molecule has 0 heterocycles. The van der Waals surface area contributed by atoms with Crippen LogP contribution in [-0.4, -0.2) is 28.9 Å². The average molecular weight is 675 g/mol. The van der Waals surface area contributed by atoms with Crippen LogP contribution >= 0.6 is 0 Å². The molecule has 0 spiro atoms. The Morgan fingerprint density at radius 3 is 1.00 bits per heavy atom. The molecule has 5 heteroatoms. The molecule has 52 heavy (non-hydrogen) atoms. The van der Waals surface area contributed by atoms with Crippen LogP contribution < -0.4 is 0 Å². The molecular weight excluding hydrogens is 645 g/mol. The van der Waals surface area contributed by atoms with Crippen molar-refractivity contribution in [2.45, 2.75) is 0 Å². The lowest BCUT2D eigenvalue weighted by Gasteiger charge is -2.13. The Morgan fingerprint density at radius 2 is 0.558 bits per heavy atom. The number of hydrogen-bond donors (Lipinski definition) is 0. The zero-order valence-corrected chi connectivity index (χ0v) is 27.9. The summed E-state index contributed by atoms with van der Waals surface area (Å²) >= 11 is 0. The highest BCUT2D eigenvalue weighted by atomic mass is 16.1. The molecule has 5 nitrogen and oxygen atoms in total. The number of rotatable bonds is 11. The number of ketones is 5. The predicted octanol–water partition coefficient (Wildman–Crippen LogP) is 9.51. The van der Waals surface area contributed by atoms with E-state index < -0.39 is 11.6 Å². The van der Waals surface area contributed by atoms with Gasteiger partial charge >= 0.3 is 0 Å². The summed E-state index contributed by atoms with van der Waals surface area (Å²) < 4.78 is 0. The Labute approximate surface area is 300 Å². The first-order chi connectivity index (χ1) is 25.4. The van der Waals surface area contributed by atoms with Gasteiger partial charge in [-0.3, -0.25) is 24.0 Å². The number of hydrogen-bond acceptors (Lipinski definition) is 5. The molecule has 0 atom stereocenters. The van der Waals surface area contributed by atoms with Gasteiger partial charge in [0.2, 0.25) is 0 Å². The third-order valence-electron chi connectivity index (χ3n) is 8.82. The molecule has 0 aliphatic carbocycles. The molecule has 0 fully saturated rings. The lowest BCUT2D eigenvalue weighted by molar-refractivity contribution is 0.102.